The van der Waals surface area contributed by atoms with E-state index in [0.717, 1.165) is 67.8 Å². The third-order valence-corrected chi connectivity index (χ3v) is 6.36. The van der Waals surface area contributed by atoms with Crippen LogP contribution in [0.5, 0.6) is 0 Å². The summed E-state index contributed by atoms with van der Waals surface area (Å²) in [6, 6.07) is 7.98. The second-order valence-electron chi connectivity index (χ2n) is 8.32. The van der Waals surface area contributed by atoms with E-state index < -0.39 is 0 Å². The quantitative estimate of drug-likeness (QED) is 0.666. The molecule has 0 aliphatic carbocycles. The van der Waals surface area contributed by atoms with Crippen LogP contribution in [-0.2, 0) is 16.1 Å². The molecule has 2 saturated heterocycles. The molecule has 2 aliphatic rings. The number of nitrogens with one attached hydrogen (secondary N) is 1. The molecule has 7 nitrogen and oxygen atoms in total. The van der Waals surface area contributed by atoms with E-state index >= 15 is 0 Å². The van der Waals surface area contributed by atoms with Crippen molar-refractivity contribution in [3.63, 3.8) is 0 Å². The van der Waals surface area contributed by atoms with Crippen LogP contribution in [0.3, 0.4) is 0 Å². The Hall–Kier alpha value is -2.38. The van der Waals surface area contributed by atoms with E-state index in [1.807, 2.05) is 28.0 Å². The Bertz CT molecular complexity index is 958. The summed E-state index contributed by atoms with van der Waals surface area (Å²) in [6.45, 7) is 7.85. The van der Waals surface area contributed by atoms with Crippen LogP contribution in [0.2, 0.25) is 5.02 Å². The summed E-state index contributed by atoms with van der Waals surface area (Å²) in [5, 5.41) is 5.27. The van der Waals surface area contributed by atoms with Crippen molar-refractivity contribution in [2.75, 3.05) is 50.7 Å². The Morgan fingerprint density at radius 1 is 1.16 bits per heavy atom. The molecular weight excluding hydrogens is 414 g/mol. The lowest BCUT2D eigenvalue weighted by atomic mass is 10.1. The molecule has 8 heteroatoms. The monoisotopic (exact) mass is 443 g/mol. The average molecular weight is 444 g/mol. The fraction of sp³-hybridized carbons (Fsp3) is 0.522. The van der Waals surface area contributed by atoms with Gasteiger partial charge in [0, 0.05) is 75.1 Å². The van der Waals surface area contributed by atoms with Crippen LogP contribution in [0.15, 0.2) is 24.3 Å². The Labute approximate surface area is 188 Å². The normalized spacial score (nSPS) is 17.1. The van der Waals surface area contributed by atoms with Crippen LogP contribution < -0.4 is 10.2 Å². The lowest BCUT2D eigenvalue weighted by Gasteiger charge is -2.36. The number of carbonyl (C=O) groups is 2. The molecule has 3 heterocycles. The first kappa shape index (κ1) is 21.8. The Morgan fingerprint density at radius 3 is 2.68 bits per heavy atom. The molecule has 2 amide bonds. The van der Waals surface area contributed by atoms with Crippen LogP contribution in [0.4, 0.5) is 5.82 Å². The summed E-state index contributed by atoms with van der Waals surface area (Å²) in [5.41, 5.74) is 2.02. The summed E-state index contributed by atoms with van der Waals surface area (Å²) in [6.07, 6.45) is 2.62. The highest BCUT2D eigenvalue weighted by Gasteiger charge is 2.22. The van der Waals surface area contributed by atoms with Gasteiger partial charge >= 0.3 is 0 Å². The fourth-order valence-corrected chi connectivity index (χ4v) is 4.54. The molecule has 0 spiro atoms. The first-order valence-electron chi connectivity index (χ1n) is 11.1. The van der Waals surface area contributed by atoms with Crippen molar-refractivity contribution >= 4 is 40.1 Å². The number of piperazine rings is 1. The van der Waals surface area contributed by atoms with Gasteiger partial charge in [-0.2, -0.15) is 0 Å². The van der Waals surface area contributed by atoms with Crippen molar-refractivity contribution < 1.29 is 9.59 Å². The zero-order chi connectivity index (χ0) is 21.8. The summed E-state index contributed by atoms with van der Waals surface area (Å²) >= 11 is 6.19. The van der Waals surface area contributed by atoms with E-state index in [0.29, 0.717) is 31.1 Å². The van der Waals surface area contributed by atoms with Crippen LogP contribution in [-0.4, -0.2) is 72.4 Å². The number of pyridine rings is 1. The zero-order valence-electron chi connectivity index (χ0n) is 18.1. The SMILES string of the molecule is CC(=O)N1CCN(c2nc3cc(Cl)ccc3cc2CNCCCN2CCCC2=O)CC1. The molecular formula is C23H30ClN5O2. The molecule has 0 radical (unpaired) electrons. The Morgan fingerprint density at radius 2 is 1.97 bits per heavy atom. The van der Waals surface area contributed by atoms with Gasteiger partial charge in [-0.3, -0.25) is 9.59 Å². The third kappa shape index (κ3) is 5.28. The molecule has 0 atom stereocenters. The first-order valence-corrected chi connectivity index (χ1v) is 11.5. The van der Waals surface area contributed by atoms with Crippen LogP contribution in [0.1, 0.15) is 31.7 Å². The van der Waals surface area contributed by atoms with E-state index in [2.05, 4.69) is 16.3 Å². The molecule has 0 bridgehead atoms. The number of anilines is 1. The van der Waals surface area contributed by atoms with Crippen molar-refractivity contribution in [2.24, 2.45) is 0 Å². The minimum absolute atomic E-state index is 0.122. The smallest absolute Gasteiger partial charge is 0.222 e. The Balaban J connectivity index is 1.44. The number of hydrogen-bond donors (Lipinski definition) is 1. The van der Waals surface area contributed by atoms with Crippen molar-refractivity contribution in [1.82, 2.24) is 20.1 Å². The van der Waals surface area contributed by atoms with Gasteiger partial charge in [-0.05, 0) is 37.6 Å². The highest BCUT2D eigenvalue weighted by Crippen LogP contribution is 2.26. The number of hydrogen-bond acceptors (Lipinski definition) is 5. The number of halogens is 1. The number of nitrogens with zero attached hydrogens (tertiary/aromatic N) is 4. The van der Waals surface area contributed by atoms with E-state index in [1.165, 1.54) is 0 Å². The second-order valence-corrected chi connectivity index (χ2v) is 8.75. The molecule has 4 rings (SSSR count). The van der Waals surface area contributed by atoms with Gasteiger partial charge in [0.25, 0.3) is 0 Å². The van der Waals surface area contributed by atoms with Gasteiger partial charge in [-0.1, -0.05) is 17.7 Å². The zero-order valence-corrected chi connectivity index (χ0v) is 18.8. The standard InChI is InChI=1S/C23H30ClN5O2/c1-17(30)27-10-12-29(13-11-27)23-19(14-18-5-6-20(24)15-21(18)26-23)16-25-7-3-9-28-8-2-4-22(28)31/h5-6,14-15,25H,2-4,7-13,16H2,1H3. The van der Waals surface area contributed by atoms with Gasteiger partial charge in [-0.15, -0.1) is 0 Å². The maximum atomic E-state index is 11.8. The number of benzene rings is 1. The molecule has 2 fully saturated rings. The van der Waals surface area contributed by atoms with Crippen molar-refractivity contribution in [2.45, 2.75) is 32.7 Å². The summed E-state index contributed by atoms with van der Waals surface area (Å²) in [7, 11) is 0. The highest BCUT2D eigenvalue weighted by molar-refractivity contribution is 6.31. The van der Waals surface area contributed by atoms with Gasteiger partial charge in [0.15, 0.2) is 0 Å². The largest absolute Gasteiger partial charge is 0.353 e. The van der Waals surface area contributed by atoms with Crippen molar-refractivity contribution in [1.29, 1.82) is 0 Å². The topological polar surface area (TPSA) is 68.8 Å². The van der Waals surface area contributed by atoms with Gasteiger partial charge in [0.2, 0.25) is 11.8 Å². The molecule has 2 aromatic rings. The molecule has 0 unspecified atom stereocenters. The molecule has 1 aromatic carbocycles. The van der Waals surface area contributed by atoms with E-state index in [-0.39, 0.29) is 11.8 Å². The molecule has 1 aromatic heterocycles. The number of amides is 2. The van der Waals surface area contributed by atoms with Crippen LogP contribution in [0, 0.1) is 0 Å². The van der Waals surface area contributed by atoms with Gasteiger partial charge in [-0.25, -0.2) is 4.98 Å². The van der Waals surface area contributed by atoms with E-state index in [1.54, 1.807) is 6.92 Å². The van der Waals surface area contributed by atoms with Gasteiger partial charge < -0.3 is 20.0 Å². The summed E-state index contributed by atoms with van der Waals surface area (Å²) in [4.78, 5) is 34.5. The average Bonchev–Trinajstić information content (AvgIpc) is 3.17. The third-order valence-electron chi connectivity index (χ3n) is 6.13. The lowest BCUT2D eigenvalue weighted by molar-refractivity contribution is -0.129. The number of aromatic nitrogens is 1. The highest BCUT2D eigenvalue weighted by atomic mass is 35.5. The maximum absolute atomic E-state index is 11.8. The molecule has 31 heavy (non-hydrogen) atoms. The maximum Gasteiger partial charge on any atom is 0.222 e. The molecule has 2 aliphatic heterocycles. The van der Waals surface area contributed by atoms with Crippen LogP contribution in [0.25, 0.3) is 10.9 Å². The lowest BCUT2D eigenvalue weighted by Crippen LogP contribution is -2.48. The van der Waals surface area contributed by atoms with Crippen LogP contribution >= 0.6 is 11.6 Å². The summed E-state index contributed by atoms with van der Waals surface area (Å²) < 4.78 is 0. The van der Waals surface area contributed by atoms with Gasteiger partial charge in [0.1, 0.15) is 5.82 Å². The van der Waals surface area contributed by atoms with Gasteiger partial charge in [0.05, 0.1) is 5.52 Å². The summed E-state index contributed by atoms with van der Waals surface area (Å²) in [5.74, 6) is 1.36. The predicted molar refractivity (Wildman–Crippen MR) is 123 cm³/mol. The minimum atomic E-state index is 0.122. The minimum Gasteiger partial charge on any atom is -0.353 e. The number of rotatable bonds is 7. The molecule has 1 N–H and O–H groups in total. The van der Waals surface area contributed by atoms with Crippen molar-refractivity contribution in [3.8, 4) is 0 Å². The number of likely N-dealkylation sites (tertiary alicyclic amines) is 1. The molecule has 166 valence electrons. The Kier molecular flexibility index (Phi) is 6.92. The fourth-order valence-electron chi connectivity index (χ4n) is 4.37. The number of carbonyl (C=O) groups excluding carboxylic acids is 2. The van der Waals surface area contributed by atoms with E-state index in [4.69, 9.17) is 16.6 Å². The second kappa shape index (κ2) is 9.83. The predicted octanol–water partition coefficient (Wildman–Crippen LogP) is 2.66. The number of fused-ring (bicyclic) bond motifs is 1. The molecule has 0 saturated carbocycles. The van der Waals surface area contributed by atoms with Crippen molar-refractivity contribution in [3.05, 3.63) is 34.9 Å². The first-order chi connectivity index (χ1) is 15.0. The van der Waals surface area contributed by atoms with E-state index in [9.17, 15) is 9.59 Å².